The maximum absolute atomic E-state index is 13.2. The number of rotatable bonds is 14. The summed E-state index contributed by atoms with van der Waals surface area (Å²) in [7, 11) is 0. The summed E-state index contributed by atoms with van der Waals surface area (Å²) in [6.07, 6.45) is 1.92. The normalized spacial score (nSPS) is 11.3. The molecule has 0 aromatic heterocycles. The van der Waals surface area contributed by atoms with Gasteiger partial charge in [-0.3, -0.25) is 0 Å². The van der Waals surface area contributed by atoms with Crippen LogP contribution in [0.4, 0.5) is 4.39 Å². The van der Waals surface area contributed by atoms with E-state index in [0.29, 0.717) is 19.8 Å². The number of para-hydroxylation sites is 2. The van der Waals surface area contributed by atoms with Crippen molar-refractivity contribution in [1.82, 2.24) is 4.90 Å². The van der Waals surface area contributed by atoms with Gasteiger partial charge in [0.25, 0.3) is 0 Å². The number of hydrogen-bond acceptors (Lipinski definition) is 6. The molecule has 0 aliphatic rings. The first-order valence-corrected chi connectivity index (χ1v) is 11.7. The molecule has 2 aromatic rings. The first kappa shape index (κ1) is 29.9. The van der Waals surface area contributed by atoms with Gasteiger partial charge in [-0.1, -0.05) is 31.2 Å². The molecule has 0 radical (unpaired) electrons. The number of carboxylic acids is 2. The van der Waals surface area contributed by atoms with E-state index >= 15 is 0 Å². The van der Waals surface area contributed by atoms with Crippen LogP contribution in [0.2, 0.25) is 0 Å². The van der Waals surface area contributed by atoms with Gasteiger partial charge in [-0.25, -0.2) is 14.0 Å². The third-order valence-electron chi connectivity index (χ3n) is 4.99. The number of benzene rings is 2. The fourth-order valence-electron chi connectivity index (χ4n) is 3.28. The number of nitrogens with zero attached hydrogens (tertiary/aromatic N) is 1. The SMILES string of the molecule is CCOc1ccccc1OCCN(CC)CCCC(OCC)c1ccc(F)cc1.O=C(O)C(=O)O. The molecular formula is C26H36FNO7. The van der Waals surface area contributed by atoms with Gasteiger partial charge in [-0.2, -0.15) is 0 Å². The van der Waals surface area contributed by atoms with Gasteiger partial charge in [-0.05, 0) is 69.6 Å². The molecule has 35 heavy (non-hydrogen) atoms. The fraction of sp³-hybridized carbons (Fsp3) is 0.462. The van der Waals surface area contributed by atoms with Crippen LogP contribution < -0.4 is 9.47 Å². The maximum atomic E-state index is 13.2. The lowest BCUT2D eigenvalue weighted by Crippen LogP contribution is -2.29. The Hall–Kier alpha value is -3.17. The highest BCUT2D eigenvalue weighted by Gasteiger charge is 2.13. The molecule has 2 aromatic carbocycles. The average Bonchev–Trinajstić information content (AvgIpc) is 2.84. The number of hydrogen-bond donors (Lipinski definition) is 2. The van der Waals surface area contributed by atoms with Crippen LogP contribution in [0.15, 0.2) is 48.5 Å². The van der Waals surface area contributed by atoms with Crippen LogP contribution in [-0.2, 0) is 14.3 Å². The second-order valence-corrected chi connectivity index (χ2v) is 7.41. The van der Waals surface area contributed by atoms with Crippen LogP contribution in [0.25, 0.3) is 0 Å². The summed E-state index contributed by atoms with van der Waals surface area (Å²) in [4.78, 5) is 20.6. The summed E-state index contributed by atoms with van der Waals surface area (Å²) < 4.78 is 30.6. The molecule has 8 nitrogen and oxygen atoms in total. The standard InChI is InChI=1S/C24H34FNO3.C2H2O4/c1-4-26(18-19-29-24-11-8-7-10-23(24)28-6-3)17-9-12-22(27-5-2)20-13-15-21(25)16-14-20;3-1(4)2(5)6/h7-8,10-11,13-16,22H,4-6,9,12,17-19H2,1-3H3;(H,3,4)(H,5,6). The van der Waals surface area contributed by atoms with Crippen LogP contribution in [0, 0.1) is 5.82 Å². The lowest BCUT2D eigenvalue weighted by Gasteiger charge is -2.23. The first-order valence-electron chi connectivity index (χ1n) is 11.7. The second-order valence-electron chi connectivity index (χ2n) is 7.41. The van der Waals surface area contributed by atoms with Gasteiger partial charge >= 0.3 is 11.9 Å². The number of carboxylic acid groups (broad SMARTS) is 2. The van der Waals surface area contributed by atoms with E-state index in [1.807, 2.05) is 50.2 Å². The van der Waals surface area contributed by atoms with E-state index in [2.05, 4.69) is 11.8 Å². The van der Waals surface area contributed by atoms with Crippen molar-refractivity contribution in [2.75, 3.05) is 39.5 Å². The highest BCUT2D eigenvalue weighted by atomic mass is 19.1. The molecule has 0 aliphatic carbocycles. The molecule has 0 saturated carbocycles. The molecular weight excluding hydrogens is 457 g/mol. The number of aliphatic carboxylic acids is 2. The molecule has 0 spiro atoms. The topological polar surface area (TPSA) is 106 Å². The Labute approximate surface area is 206 Å². The summed E-state index contributed by atoms with van der Waals surface area (Å²) in [5.41, 5.74) is 1.03. The van der Waals surface area contributed by atoms with E-state index in [1.165, 1.54) is 12.1 Å². The van der Waals surface area contributed by atoms with Gasteiger partial charge in [-0.15, -0.1) is 0 Å². The van der Waals surface area contributed by atoms with Gasteiger partial charge < -0.3 is 29.3 Å². The number of halogens is 1. The molecule has 1 atom stereocenters. The van der Waals surface area contributed by atoms with E-state index < -0.39 is 11.9 Å². The average molecular weight is 494 g/mol. The summed E-state index contributed by atoms with van der Waals surface area (Å²) in [6.45, 7) is 10.8. The molecule has 2 rings (SSSR count). The highest BCUT2D eigenvalue weighted by molar-refractivity contribution is 6.27. The van der Waals surface area contributed by atoms with Crippen molar-refractivity contribution in [3.8, 4) is 11.5 Å². The Morgan fingerprint density at radius 2 is 1.49 bits per heavy atom. The van der Waals surface area contributed by atoms with Gasteiger partial charge in [0.05, 0.1) is 12.7 Å². The number of ether oxygens (including phenoxy) is 3. The van der Waals surface area contributed by atoms with E-state index in [1.54, 1.807) is 0 Å². The third-order valence-corrected chi connectivity index (χ3v) is 4.99. The zero-order chi connectivity index (χ0) is 26.1. The van der Waals surface area contributed by atoms with Crippen molar-refractivity contribution in [2.24, 2.45) is 0 Å². The van der Waals surface area contributed by atoms with Crippen LogP contribution in [-0.4, -0.2) is 66.5 Å². The molecule has 2 N–H and O–H groups in total. The van der Waals surface area contributed by atoms with Crippen molar-refractivity contribution in [2.45, 2.75) is 39.7 Å². The fourth-order valence-corrected chi connectivity index (χ4v) is 3.28. The Kier molecular flexibility index (Phi) is 14.8. The van der Waals surface area contributed by atoms with Gasteiger partial charge in [0.1, 0.15) is 12.4 Å². The van der Waals surface area contributed by atoms with Gasteiger partial charge in [0.2, 0.25) is 0 Å². The molecule has 0 heterocycles. The summed E-state index contributed by atoms with van der Waals surface area (Å²) in [5, 5.41) is 14.8. The zero-order valence-corrected chi connectivity index (χ0v) is 20.6. The molecule has 1 unspecified atom stereocenters. The summed E-state index contributed by atoms with van der Waals surface area (Å²) in [6, 6.07) is 14.4. The Balaban J connectivity index is 0.000000905. The lowest BCUT2D eigenvalue weighted by atomic mass is 10.0. The van der Waals surface area contributed by atoms with E-state index in [4.69, 9.17) is 34.0 Å². The number of carbonyl (C=O) groups is 2. The first-order chi connectivity index (χ1) is 16.8. The molecule has 0 saturated heterocycles. The lowest BCUT2D eigenvalue weighted by molar-refractivity contribution is -0.159. The van der Waals surface area contributed by atoms with Crippen LogP contribution in [0.3, 0.4) is 0 Å². The van der Waals surface area contributed by atoms with Crippen LogP contribution in [0.1, 0.15) is 45.3 Å². The molecule has 0 amide bonds. The summed E-state index contributed by atoms with van der Waals surface area (Å²) in [5.74, 6) is -2.29. The Morgan fingerprint density at radius 3 is 2.00 bits per heavy atom. The molecule has 9 heteroatoms. The van der Waals surface area contributed by atoms with Crippen molar-refractivity contribution in [1.29, 1.82) is 0 Å². The van der Waals surface area contributed by atoms with Crippen LogP contribution in [0.5, 0.6) is 11.5 Å². The maximum Gasteiger partial charge on any atom is 0.414 e. The smallest absolute Gasteiger partial charge is 0.414 e. The minimum absolute atomic E-state index is 0.00799. The van der Waals surface area contributed by atoms with Gasteiger partial charge in [0, 0.05) is 13.2 Å². The molecule has 0 aliphatic heterocycles. The van der Waals surface area contributed by atoms with Crippen molar-refractivity contribution in [3.05, 3.63) is 59.9 Å². The van der Waals surface area contributed by atoms with Crippen molar-refractivity contribution in [3.63, 3.8) is 0 Å². The largest absolute Gasteiger partial charge is 0.490 e. The van der Waals surface area contributed by atoms with E-state index in [9.17, 15) is 4.39 Å². The minimum Gasteiger partial charge on any atom is -0.490 e. The van der Waals surface area contributed by atoms with Gasteiger partial charge in [0.15, 0.2) is 11.5 Å². The minimum atomic E-state index is -1.82. The third kappa shape index (κ3) is 12.2. The molecule has 0 fully saturated rings. The van der Waals surface area contributed by atoms with Crippen LogP contribution >= 0.6 is 0 Å². The Bertz CT molecular complexity index is 864. The predicted molar refractivity (Wildman–Crippen MR) is 130 cm³/mol. The monoisotopic (exact) mass is 493 g/mol. The molecule has 0 bridgehead atoms. The number of likely N-dealkylation sites (N-methyl/N-ethyl adjacent to an activating group) is 1. The van der Waals surface area contributed by atoms with E-state index in [-0.39, 0.29) is 11.9 Å². The van der Waals surface area contributed by atoms with E-state index in [0.717, 1.165) is 49.5 Å². The zero-order valence-electron chi connectivity index (χ0n) is 20.6. The summed E-state index contributed by atoms with van der Waals surface area (Å²) >= 11 is 0. The van der Waals surface area contributed by atoms with Crippen molar-refractivity contribution < 1.29 is 38.4 Å². The Morgan fingerprint density at radius 1 is 0.886 bits per heavy atom. The van der Waals surface area contributed by atoms with Crippen molar-refractivity contribution >= 4 is 11.9 Å². The highest BCUT2D eigenvalue weighted by Crippen LogP contribution is 2.26. The predicted octanol–water partition coefficient (Wildman–Crippen LogP) is 4.64. The molecule has 194 valence electrons. The second kappa shape index (κ2) is 17.3. The quantitative estimate of drug-likeness (QED) is 0.367.